The second kappa shape index (κ2) is 5.16. The number of hydrogen-bond acceptors (Lipinski definition) is 2. The zero-order chi connectivity index (χ0) is 11.3. The van der Waals surface area contributed by atoms with Crippen LogP contribution in [-0.2, 0) is 4.79 Å². The zero-order valence-corrected chi connectivity index (χ0v) is 8.95. The summed E-state index contributed by atoms with van der Waals surface area (Å²) in [4.78, 5) is 10.9. The third-order valence-corrected chi connectivity index (χ3v) is 2.17. The van der Waals surface area contributed by atoms with E-state index in [0.717, 1.165) is 11.3 Å². The molecule has 0 saturated heterocycles. The van der Waals surface area contributed by atoms with E-state index >= 15 is 0 Å². The topological polar surface area (TPSA) is 52.9 Å². The summed E-state index contributed by atoms with van der Waals surface area (Å²) >= 11 is 0. The van der Waals surface area contributed by atoms with Crippen molar-refractivity contribution in [3.8, 4) is 6.07 Å². The molecule has 1 atom stereocenters. The van der Waals surface area contributed by atoms with E-state index in [0.29, 0.717) is 6.42 Å². The van der Waals surface area contributed by atoms with E-state index in [1.807, 2.05) is 31.2 Å². The number of nitrogens with one attached hydrogen (secondary N) is 1. The van der Waals surface area contributed by atoms with Crippen molar-refractivity contribution in [1.82, 2.24) is 0 Å². The number of amides is 1. The van der Waals surface area contributed by atoms with Gasteiger partial charge in [0.1, 0.15) is 0 Å². The molecular weight excluding hydrogens is 188 g/mol. The van der Waals surface area contributed by atoms with Crippen molar-refractivity contribution >= 4 is 11.6 Å². The third kappa shape index (κ3) is 3.43. The molecule has 1 unspecified atom stereocenters. The fourth-order valence-electron chi connectivity index (χ4n) is 1.38. The molecule has 0 aliphatic carbocycles. The first-order valence-corrected chi connectivity index (χ1v) is 4.88. The number of nitriles is 1. The van der Waals surface area contributed by atoms with E-state index < -0.39 is 0 Å². The van der Waals surface area contributed by atoms with Crippen molar-refractivity contribution in [2.45, 2.75) is 26.2 Å². The lowest BCUT2D eigenvalue weighted by atomic mass is 9.98. The lowest BCUT2D eigenvalue weighted by Gasteiger charge is -2.09. The largest absolute Gasteiger partial charge is 0.326 e. The van der Waals surface area contributed by atoms with E-state index in [1.54, 1.807) is 0 Å². The average Bonchev–Trinajstić information content (AvgIpc) is 2.17. The Bertz CT molecular complexity index is 393. The quantitative estimate of drug-likeness (QED) is 0.819. The Hall–Kier alpha value is -1.82. The van der Waals surface area contributed by atoms with Gasteiger partial charge in [-0.15, -0.1) is 0 Å². The number of carbonyl (C=O) groups excluding carboxylic acids is 1. The molecule has 3 heteroatoms. The molecule has 15 heavy (non-hydrogen) atoms. The van der Waals surface area contributed by atoms with Crippen molar-refractivity contribution in [2.75, 3.05) is 5.32 Å². The second-order valence-electron chi connectivity index (χ2n) is 3.57. The van der Waals surface area contributed by atoms with Crippen LogP contribution in [0.2, 0.25) is 0 Å². The molecule has 0 saturated carbocycles. The van der Waals surface area contributed by atoms with Crippen molar-refractivity contribution < 1.29 is 4.79 Å². The van der Waals surface area contributed by atoms with Gasteiger partial charge in [-0.3, -0.25) is 4.79 Å². The maximum Gasteiger partial charge on any atom is 0.221 e. The van der Waals surface area contributed by atoms with Gasteiger partial charge >= 0.3 is 0 Å². The molecule has 0 radical (unpaired) electrons. The van der Waals surface area contributed by atoms with Crippen LogP contribution in [0.4, 0.5) is 5.69 Å². The van der Waals surface area contributed by atoms with E-state index in [2.05, 4.69) is 11.4 Å². The highest BCUT2D eigenvalue weighted by Gasteiger charge is 2.05. The number of benzene rings is 1. The summed E-state index contributed by atoms with van der Waals surface area (Å²) in [7, 11) is 0. The standard InChI is InChI=1S/C12H14N2O/c1-9(6-7-13)11-4-3-5-12(8-11)14-10(2)15/h3-5,8-9H,6H2,1-2H3,(H,14,15). The third-order valence-electron chi connectivity index (χ3n) is 2.17. The first-order valence-electron chi connectivity index (χ1n) is 4.88. The van der Waals surface area contributed by atoms with Gasteiger partial charge in [0.15, 0.2) is 0 Å². The van der Waals surface area contributed by atoms with Gasteiger partial charge < -0.3 is 5.32 Å². The van der Waals surface area contributed by atoms with Crippen LogP contribution in [0.1, 0.15) is 31.7 Å². The monoisotopic (exact) mass is 202 g/mol. The summed E-state index contributed by atoms with van der Waals surface area (Å²) in [6, 6.07) is 9.73. The van der Waals surface area contributed by atoms with Crippen molar-refractivity contribution in [3.05, 3.63) is 29.8 Å². The molecule has 1 amide bonds. The van der Waals surface area contributed by atoms with Crippen LogP contribution < -0.4 is 5.32 Å². The van der Waals surface area contributed by atoms with Gasteiger partial charge in [-0.05, 0) is 23.6 Å². The molecule has 1 rings (SSSR count). The van der Waals surface area contributed by atoms with Crippen LogP contribution in [0, 0.1) is 11.3 Å². The molecule has 1 aromatic rings. The molecular formula is C12H14N2O. The second-order valence-corrected chi connectivity index (χ2v) is 3.57. The van der Waals surface area contributed by atoms with Gasteiger partial charge in [-0.2, -0.15) is 5.26 Å². The first-order chi connectivity index (χ1) is 7.13. The van der Waals surface area contributed by atoms with Crippen LogP contribution >= 0.6 is 0 Å². The Labute approximate surface area is 89.7 Å². The van der Waals surface area contributed by atoms with Gasteiger partial charge in [0.05, 0.1) is 6.07 Å². The lowest BCUT2D eigenvalue weighted by Crippen LogP contribution is -2.06. The summed E-state index contributed by atoms with van der Waals surface area (Å²) in [6.45, 7) is 3.47. The number of nitrogens with zero attached hydrogens (tertiary/aromatic N) is 1. The van der Waals surface area contributed by atoms with Gasteiger partial charge in [-0.1, -0.05) is 19.1 Å². The highest BCUT2D eigenvalue weighted by atomic mass is 16.1. The number of carbonyl (C=O) groups is 1. The highest BCUT2D eigenvalue weighted by molar-refractivity contribution is 5.88. The molecule has 1 N–H and O–H groups in total. The highest BCUT2D eigenvalue weighted by Crippen LogP contribution is 2.21. The predicted octanol–water partition coefficient (Wildman–Crippen LogP) is 2.66. The van der Waals surface area contributed by atoms with Crippen molar-refractivity contribution in [1.29, 1.82) is 5.26 Å². The minimum Gasteiger partial charge on any atom is -0.326 e. The maximum absolute atomic E-state index is 10.9. The molecule has 0 fully saturated rings. The zero-order valence-electron chi connectivity index (χ0n) is 8.95. The summed E-state index contributed by atoms with van der Waals surface area (Å²) in [5, 5.41) is 11.3. The number of rotatable bonds is 3. The van der Waals surface area contributed by atoms with Gasteiger partial charge in [0, 0.05) is 19.0 Å². The van der Waals surface area contributed by atoms with Crippen molar-refractivity contribution in [2.24, 2.45) is 0 Å². The SMILES string of the molecule is CC(=O)Nc1cccc(C(C)CC#N)c1. The molecule has 0 aromatic heterocycles. The normalized spacial score (nSPS) is 11.5. The van der Waals surface area contributed by atoms with Crippen LogP contribution in [0.5, 0.6) is 0 Å². The smallest absolute Gasteiger partial charge is 0.221 e. The lowest BCUT2D eigenvalue weighted by molar-refractivity contribution is -0.114. The Morgan fingerprint density at radius 3 is 2.93 bits per heavy atom. The summed E-state index contributed by atoms with van der Waals surface area (Å²) in [5.74, 6) is 0.115. The van der Waals surface area contributed by atoms with Gasteiger partial charge in [0.2, 0.25) is 5.91 Å². The molecule has 0 aliphatic heterocycles. The predicted molar refractivity (Wildman–Crippen MR) is 59.4 cm³/mol. The van der Waals surface area contributed by atoms with E-state index in [9.17, 15) is 4.79 Å². The molecule has 3 nitrogen and oxygen atoms in total. The van der Waals surface area contributed by atoms with Crippen molar-refractivity contribution in [3.63, 3.8) is 0 Å². The van der Waals surface area contributed by atoms with Crippen LogP contribution in [0.15, 0.2) is 24.3 Å². The van der Waals surface area contributed by atoms with Gasteiger partial charge in [-0.25, -0.2) is 0 Å². The van der Waals surface area contributed by atoms with E-state index in [-0.39, 0.29) is 11.8 Å². The summed E-state index contributed by atoms with van der Waals surface area (Å²) in [5.41, 5.74) is 1.85. The number of hydrogen-bond donors (Lipinski definition) is 1. The van der Waals surface area contributed by atoms with Gasteiger partial charge in [0.25, 0.3) is 0 Å². The Morgan fingerprint density at radius 2 is 2.33 bits per heavy atom. The van der Waals surface area contributed by atoms with Crippen LogP contribution in [-0.4, -0.2) is 5.91 Å². The molecule has 0 bridgehead atoms. The molecule has 1 aromatic carbocycles. The Balaban J connectivity index is 2.83. The van der Waals surface area contributed by atoms with E-state index in [4.69, 9.17) is 5.26 Å². The molecule has 0 spiro atoms. The fraction of sp³-hybridized carbons (Fsp3) is 0.333. The van der Waals surface area contributed by atoms with Crippen LogP contribution in [0.3, 0.4) is 0 Å². The molecule has 78 valence electrons. The maximum atomic E-state index is 10.9. The minimum atomic E-state index is -0.0833. The first kappa shape index (κ1) is 11.3. The average molecular weight is 202 g/mol. The molecule has 0 heterocycles. The van der Waals surface area contributed by atoms with Crippen LogP contribution in [0.25, 0.3) is 0 Å². The Morgan fingerprint density at radius 1 is 1.60 bits per heavy atom. The van der Waals surface area contributed by atoms with E-state index in [1.165, 1.54) is 6.92 Å². The fourth-order valence-corrected chi connectivity index (χ4v) is 1.38. The molecule has 0 aliphatic rings. The minimum absolute atomic E-state index is 0.0833. The number of anilines is 1. The summed E-state index contributed by atoms with van der Waals surface area (Å²) in [6.07, 6.45) is 0.490. The summed E-state index contributed by atoms with van der Waals surface area (Å²) < 4.78 is 0. The Kier molecular flexibility index (Phi) is 3.87.